The lowest BCUT2D eigenvalue weighted by Crippen LogP contribution is -2.17. The van der Waals surface area contributed by atoms with Crippen molar-refractivity contribution in [3.8, 4) is 17.2 Å². The molecule has 10 heteroatoms. The standard InChI is InChI=1S/C25H21ClF3N3O2S/c1-33-22-9-6-14(10-23(22)34-2)24(30)21-12-31-25(32(21)15-7-8-20(29)17(26)11-15)35-13-16-18(27)4-3-5-19(16)28/h3-12,24H,13,30H2,1-2H3. The van der Waals surface area contributed by atoms with Gasteiger partial charge >= 0.3 is 0 Å². The molecule has 1 unspecified atom stereocenters. The quantitative estimate of drug-likeness (QED) is 0.277. The Kier molecular flexibility index (Phi) is 7.59. The van der Waals surface area contributed by atoms with Gasteiger partial charge < -0.3 is 15.2 Å². The first kappa shape index (κ1) is 25.0. The van der Waals surface area contributed by atoms with Crippen LogP contribution in [0.4, 0.5) is 13.2 Å². The average Bonchev–Trinajstić information content (AvgIpc) is 3.28. The summed E-state index contributed by atoms with van der Waals surface area (Å²) in [7, 11) is 3.06. The Morgan fingerprint density at radius 1 is 0.971 bits per heavy atom. The molecule has 0 radical (unpaired) electrons. The number of benzene rings is 3. The van der Waals surface area contributed by atoms with Gasteiger partial charge in [0.05, 0.1) is 37.2 Å². The van der Waals surface area contributed by atoms with Crippen molar-refractivity contribution in [2.45, 2.75) is 17.0 Å². The lowest BCUT2D eigenvalue weighted by atomic mass is 10.0. The first-order valence-corrected chi connectivity index (χ1v) is 11.8. The molecule has 3 aromatic carbocycles. The molecule has 0 saturated heterocycles. The normalized spacial score (nSPS) is 12.0. The van der Waals surface area contributed by atoms with Gasteiger partial charge in [-0.15, -0.1) is 0 Å². The molecule has 5 nitrogen and oxygen atoms in total. The summed E-state index contributed by atoms with van der Waals surface area (Å²) < 4.78 is 54.6. The fraction of sp³-hybridized carbons (Fsp3) is 0.160. The van der Waals surface area contributed by atoms with Crippen molar-refractivity contribution in [3.05, 3.63) is 100 Å². The molecule has 35 heavy (non-hydrogen) atoms. The number of halogens is 4. The molecule has 4 aromatic rings. The maximum absolute atomic E-state index is 14.2. The molecule has 0 bridgehead atoms. The first-order chi connectivity index (χ1) is 16.8. The summed E-state index contributed by atoms with van der Waals surface area (Å²) in [6.45, 7) is 0. The van der Waals surface area contributed by atoms with Gasteiger partial charge in [-0.05, 0) is 48.0 Å². The van der Waals surface area contributed by atoms with Crippen LogP contribution in [0, 0.1) is 17.5 Å². The molecule has 0 spiro atoms. The zero-order chi connectivity index (χ0) is 25.1. The van der Waals surface area contributed by atoms with Crippen LogP contribution in [0.5, 0.6) is 11.5 Å². The fourth-order valence-electron chi connectivity index (χ4n) is 3.58. The van der Waals surface area contributed by atoms with Crippen molar-refractivity contribution < 1.29 is 22.6 Å². The third kappa shape index (κ3) is 5.12. The molecule has 182 valence electrons. The number of nitrogens with two attached hydrogens (primary N) is 1. The molecule has 0 amide bonds. The Hall–Kier alpha value is -3.14. The average molecular weight is 520 g/mol. The Labute approximate surface area is 209 Å². The first-order valence-electron chi connectivity index (χ1n) is 10.4. The van der Waals surface area contributed by atoms with E-state index in [-0.39, 0.29) is 16.3 Å². The maximum Gasteiger partial charge on any atom is 0.173 e. The molecule has 1 heterocycles. The maximum atomic E-state index is 14.2. The van der Waals surface area contributed by atoms with Gasteiger partial charge in [0.2, 0.25) is 0 Å². The number of aromatic nitrogens is 2. The van der Waals surface area contributed by atoms with Gasteiger partial charge in [0.25, 0.3) is 0 Å². The lowest BCUT2D eigenvalue weighted by Gasteiger charge is -2.19. The number of thioether (sulfide) groups is 1. The molecule has 0 saturated carbocycles. The zero-order valence-corrected chi connectivity index (χ0v) is 20.3. The van der Waals surface area contributed by atoms with E-state index in [0.29, 0.717) is 33.6 Å². The molecule has 0 aliphatic rings. The van der Waals surface area contributed by atoms with Crippen LogP contribution in [0.2, 0.25) is 5.02 Å². The molecule has 1 atom stereocenters. The molecular weight excluding hydrogens is 499 g/mol. The van der Waals surface area contributed by atoms with E-state index in [1.54, 1.807) is 29.0 Å². The Morgan fingerprint density at radius 2 is 1.69 bits per heavy atom. The SMILES string of the molecule is COc1ccc(C(N)c2cnc(SCc3c(F)cccc3F)n2-c2ccc(F)c(Cl)c2)cc1OC. The van der Waals surface area contributed by atoms with Crippen LogP contribution in [0.25, 0.3) is 5.69 Å². The van der Waals surface area contributed by atoms with Crippen LogP contribution < -0.4 is 15.2 Å². The number of ether oxygens (including phenoxy) is 2. The number of imidazole rings is 1. The van der Waals surface area contributed by atoms with Crippen molar-refractivity contribution in [1.29, 1.82) is 0 Å². The van der Waals surface area contributed by atoms with Gasteiger partial charge in [-0.3, -0.25) is 4.57 Å². The van der Waals surface area contributed by atoms with Crippen LogP contribution in [0.15, 0.2) is 66.0 Å². The summed E-state index contributed by atoms with van der Waals surface area (Å²) in [5, 5.41) is 0.319. The molecule has 4 rings (SSSR count). The fourth-order valence-corrected chi connectivity index (χ4v) is 4.77. The van der Waals surface area contributed by atoms with Gasteiger partial charge in [0.15, 0.2) is 16.7 Å². The van der Waals surface area contributed by atoms with Gasteiger partial charge in [-0.2, -0.15) is 0 Å². The number of nitrogens with zero attached hydrogens (tertiary/aromatic N) is 2. The van der Waals surface area contributed by atoms with Gasteiger partial charge in [-0.1, -0.05) is 35.5 Å². The van der Waals surface area contributed by atoms with E-state index in [2.05, 4.69) is 4.98 Å². The molecule has 0 aliphatic carbocycles. The minimum Gasteiger partial charge on any atom is -0.493 e. The Morgan fingerprint density at radius 3 is 2.34 bits per heavy atom. The summed E-state index contributed by atoms with van der Waals surface area (Å²) >= 11 is 7.16. The minimum absolute atomic E-state index is 0.0184. The van der Waals surface area contributed by atoms with Crippen molar-refractivity contribution in [2.24, 2.45) is 5.73 Å². The zero-order valence-electron chi connectivity index (χ0n) is 18.8. The summed E-state index contributed by atoms with van der Waals surface area (Å²) in [6, 6.07) is 12.5. The monoisotopic (exact) mass is 519 g/mol. The van der Waals surface area contributed by atoms with E-state index in [4.69, 9.17) is 26.8 Å². The molecule has 1 aromatic heterocycles. The molecular formula is C25H21ClF3N3O2S. The smallest absolute Gasteiger partial charge is 0.173 e. The number of hydrogen-bond donors (Lipinski definition) is 1. The molecule has 0 fully saturated rings. The summed E-state index contributed by atoms with van der Waals surface area (Å²) in [5.41, 5.74) is 8.29. The molecule has 0 aliphatic heterocycles. The second kappa shape index (κ2) is 10.6. The van der Waals surface area contributed by atoms with Gasteiger partial charge in [0, 0.05) is 17.0 Å². The van der Waals surface area contributed by atoms with E-state index in [1.165, 1.54) is 50.6 Å². The van der Waals surface area contributed by atoms with E-state index in [9.17, 15) is 13.2 Å². The highest BCUT2D eigenvalue weighted by Crippen LogP contribution is 2.35. The largest absolute Gasteiger partial charge is 0.493 e. The van der Waals surface area contributed by atoms with Crippen molar-refractivity contribution in [3.63, 3.8) is 0 Å². The van der Waals surface area contributed by atoms with E-state index in [1.807, 2.05) is 0 Å². The van der Waals surface area contributed by atoms with Crippen molar-refractivity contribution >= 4 is 23.4 Å². The van der Waals surface area contributed by atoms with Crippen LogP contribution in [-0.2, 0) is 5.75 Å². The number of rotatable bonds is 8. The lowest BCUT2D eigenvalue weighted by molar-refractivity contribution is 0.354. The summed E-state index contributed by atoms with van der Waals surface area (Å²) in [6.07, 6.45) is 1.57. The van der Waals surface area contributed by atoms with E-state index in [0.717, 1.165) is 11.8 Å². The third-order valence-corrected chi connectivity index (χ3v) is 6.68. The van der Waals surface area contributed by atoms with Crippen LogP contribution in [0.3, 0.4) is 0 Å². The highest BCUT2D eigenvalue weighted by molar-refractivity contribution is 7.98. The number of methoxy groups -OCH3 is 2. The second-order valence-electron chi connectivity index (χ2n) is 7.48. The van der Waals surface area contributed by atoms with Crippen LogP contribution in [0.1, 0.15) is 22.9 Å². The van der Waals surface area contributed by atoms with Crippen LogP contribution in [-0.4, -0.2) is 23.8 Å². The second-order valence-corrected chi connectivity index (χ2v) is 8.83. The summed E-state index contributed by atoms with van der Waals surface area (Å²) in [4.78, 5) is 4.45. The van der Waals surface area contributed by atoms with Gasteiger partial charge in [-0.25, -0.2) is 18.2 Å². The topological polar surface area (TPSA) is 62.3 Å². The molecule has 2 N–H and O–H groups in total. The minimum atomic E-state index is -0.675. The van der Waals surface area contributed by atoms with E-state index < -0.39 is 23.5 Å². The highest BCUT2D eigenvalue weighted by atomic mass is 35.5. The van der Waals surface area contributed by atoms with Crippen LogP contribution >= 0.6 is 23.4 Å². The van der Waals surface area contributed by atoms with Crippen molar-refractivity contribution in [1.82, 2.24) is 9.55 Å². The van der Waals surface area contributed by atoms with Gasteiger partial charge in [0.1, 0.15) is 17.5 Å². The predicted octanol–water partition coefficient (Wildman–Crippen LogP) is 6.30. The Balaban J connectivity index is 1.77. The highest BCUT2D eigenvalue weighted by Gasteiger charge is 2.22. The third-order valence-electron chi connectivity index (χ3n) is 5.41. The summed E-state index contributed by atoms with van der Waals surface area (Å²) in [5.74, 6) is -0.851. The number of hydrogen-bond acceptors (Lipinski definition) is 5. The predicted molar refractivity (Wildman–Crippen MR) is 130 cm³/mol. The van der Waals surface area contributed by atoms with Crippen molar-refractivity contribution in [2.75, 3.05) is 14.2 Å². The Bertz CT molecular complexity index is 1350. The van der Waals surface area contributed by atoms with E-state index >= 15 is 0 Å².